The Labute approximate surface area is 184 Å². The second kappa shape index (κ2) is 9.99. The first-order valence-electron chi connectivity index (χ1n) is 11.1. The van der Waals surface area contributed by atoms with Crippen molar-refractivity contribution < 1.29 is 22.7 Å². The minimum absolute atomic E-state index is 0.00685. The van der Waals surface area contributed by atoms with Gasteiger partial charge in [-0.05, 0) is 24.5 Å². The van der Waals surface area contributed by atoms with E-state index in [1.807, 2.05) is 9.47 Å². The molecule has 1 amide bonds. The van der Waals surface area contributed by atoms with Gasteiger partial charge < -0.3 is 14.6 Å². The van der Waals surface area contributed by atoms with Crippen molar-refractivity contribution in [2.75, 3.05) is 32.8 Å². The first-order valence-corrected chi connectivity index (χ1v) is 11.1. The molecule has 10 heteroatoms. The number of rotatable bonds is 6. The zero-order valence-corrected chi connectivity index (χ0v) is 17.9. The maximum Gasteiger partial charge on any atom is 0.416 e. The topological polar surface area (TPSA) is 72.3 Å². The summed E-state index contributed by atoms with van der Waals surface area (Å²) in [6.07, 6.45) is -1.67. The molecule has 4 rings (SSSR count). The predicted octanol–water partition coefficient (Wildman–Crippen LogP) is 2.44. The zero-order valence-electron chi connectivity index (χ0n) is 17.9. The van der Waals surface area contributed by atoms with Crippen molar-refractivity contribution in [1.29, 1.82) is 0 Å². The van der Waals surface area contributed by atoms with Gasteiger partial charge in [0.1, 0.15) is 11.6 Å². The van der Waals surface area contributed by atoms with Crippen LogP contribution in [0, 0.1) is 5.92 Å². The fraction of sp³-hybridized carbons (Fsp3) is 0.591. The van der Waals surface area contributed by atoms with E-state index in [4.69, 9.17) is 4.74 Å². The molecule has 3 heterocycles. The van der Waals surface area contributed by atoms with Crippen molar-refractivity contribution in [2.24, 2.45) is 5.92 Å². The van der Waals surface area contributed by atoms with Crippen molar-refractivity contribution in [3.63, 3.8) is 0 Å². The molecule has 0 spiro atoms. The van der Waals surface area contributed by atoms with Crippen molar-refractivity contribution in [3.8, 4) is 0 Å². The van der Waals surface area contributed by atoms with E-state index in [1.165, 1.54) is 6.07 Å². The summed E-state index contributed by atoms with van der Waals surface area (Å²) in [5.41, 5.74) is -0.293. The molecule has 0 aliphatic carbocycles. The largest absolute Gasteiger partial charge is 0.416 e. The molecule has 2 aliphatic rings. The molecular formula is C22H28F3N5O2. The summed E-state index contributed by atoms with van der Waals surface area (Å²) < 4.78 is 47.3. The SMILES string of the molecule is O=C(NCCc1nnc2n1CCN(Cc1ccccc1C(F)(F)F)CC2)C1CCOCC1. The fourth-order valence-corrected chi connectivity index (χ4v) is 4.35. The molecule has 0 unspecified atom stereocenters. The Kier molecular flexibility index (Phi) is 7.10. The number of hydrogen-bond acceptors (Lipinski definition) is 5. The molecule has 1 N–H and O–H groups in total. The van der Waals surface area contributed by atoms with Crippen LogP contribution in [0.3, 0.4) is 0 Å². The number of ether oxygens (including phenoxy) is 1. The third-order valence-electron chi connectivity index (χ3n) is 6.15. The lowest BCUT2D eigenvalue weighted by atomic mass is 9.99. The van der Waals surface area contributed by atoms with Gasteiger partial charge in [-0.3, -0.25) is 9.69 Å². The van der Waals surface area contributed by atoms with E-state index in [-0.39, 0.29) is 23.9 Å². The number of benzene rings is 1. The molecule has 1 saturated heterocycles. The second-order valence-electron chi connectivity index (χ2n) is 8.29. The Balaban J connectivity index is 1.32. The van der Waals surface area contributed by atoms with E-state index in [9.17, 15) is 18.0 Å². The van der Waals surface area contributed by atoms with Crippen molar-refractivity contribution in [2.45, 2.75) is 44.9 Å². The van der Waals surface area contributed by atoms with E-state index in [0.717, 1.165) is 30.6 Å². The van der Waals surface area contributed by atoms with Gasteiger partial charge in [0.05, 0.1) is 5.56 Å². The van der Waals surface area contributed by atoms with Crippen LogP contribution in [0.2, 0.25) is 0 Å². The maximum atomic E-state index is 13.3. The molecule has 174 valence electrons. The van der Waals surface area contributed by atoms with Gasteiger partial charge in [0.15, 0.2) is 0 Å². The number of carbonyl (C=O) groups is 1. The molecular weight excluding hydrogens is 423 g/mol. The third-order valence-corrected chi connectivity index (χ3v) is 6.15. The monoisotopic (exact) mass is 451 g/mol. The Bertz CT molecular complexity index is 925. The van der Waals surface area contributed by atoms with Crippen molar-refractivity contribution >= 4 is 5.91 Å². The lowest BCUT2D eigenvalue weighted by Crippen LogP contribution is -2.35. The number of hydrogen-bond donors (Lipinski definition) is 1. The van der Waals surface area contributed by atoms with Crippen LogP contribution >= 0.6 is 0 Å². The van der Waals surface area contributed by atoms with Gasteiger partial charge in [-0.15, -0.1) is 10.2 Å². The number of nitrogens with one attached hydrogen (secondary N) is 1. The van der Waals surface area contributed by atoms with Crippen LogP contribution in [-0.4, -0.2) is 58.4 Å². The predicted molar refractivity (Wildman–Crippen MR) is 111 cm³/mol. The summed E-state index contributed by atoms with van der Waals surface area (Å²) in [5.74, 6) is 1.69. The van der Waals surface area contributed by atoms with Gasteiger partial charge in [-0.1, -0.05) is 18.2 Å². The number of halogens is 3. The first-order chi connectivity index (χ1) is 15.4. The van der Waals surface area contributed by atoms with E-state index < -0.39 is 11.7 Å². The minimum atomic E-state index is -4.36. The molecule has 2 aromatic rings. The van der Waals surface area contributed by atoms with Gasteiger partial charge in [-0.2, -0.15) is 13.2 Å². The van der Waals surface area contributed by atoms with Crippen LogP contribution in [0.4, 0.5) is 13.2 Å². The summed E-state index contributed by atoms with van der Waals surface area (Å²) in [6, 6.07) is 5.74. The lowest BCUT2D eigenvalue weighted by Gasteiger charge is -2.22. The van der Waals surface area contributed by atoms with Crippen LogP contribution in [0.1, 0.15) is 35.6 Å². The van der Waals surface area contributed by atoms with E-state index in [2.05, 4.69) is 15.5 Å². The molecule has 0 bridgehead atoms. The molecule has 0 saturated carbocycles. The smallest absolute Gasteiger partial charge is 0.381 e. The van der Waals surface area contributed by atoms with Crippen LogP contribution in [0.15, 0.2) is 24.3 Å². The summed E-state index contributed by atoms with van der Waals surface area (Å²) in [6.45, 7) is 3.81. The Morgan fingerprint density at radius 3 is 2.69 bits per heavy atom. The maximum absolute atomic E-state index is 13.3. The highest BCUT2D eigenvalue weighted by atomic mass is 19.4. The summed E-state index contributed by atoms with van der Waals surface area (Å²) in [4.78, 5) is 14.3. The highest BCUT2D eigenvalue weighted by Gasteiger charge is 2.33. The number of carbonyl (C=O) groups excluding carboxylic acids is 1. The normalized spacial score (nSPS) is 18.2. The number of aromatic nitrogens is 3. The Morgan fingerprint density at radius 2 is 1.91 bits per heavy atom. The molecule has 0 atom stereocenters. The van der Waals surface area contributed by atoms with E-state index >= 15 is 0 Å². The van der Waals surface area contributed by atoms with Gasteiger partial charge in [0.2, 0.25) is 5.91 Å². The molecule has 1 aromatic carbocycles. The first kappa shape index (κ1) is 22.7. The number of alkyl halides is 3. The number of nitrogens with zero attached hydrogens (tertiary/aromatic N) is 4. The standard InChI is InChI=1S/C22H28F3N5O2/c23-22(24,25)18-4-2-1-3-17(18)15-29-10-6-20-28-27-19(30(20)12-11-29)5-9-26-21(31)16-7-13-32-14-8-16/h1-4,16H,5-15H2,(H,26,31). The Hall–Kier alpha value is -2.46. The van der Waals surface area contributed by atoms with Crippen molar-refractivity contribution in [3.05, 3.63) is 47.0 Å². The third kappa shape index (κ3) is 5.47. The average molecular weight is 451 g/mol. The molecule has 0 radical (unpaired) electrons. The highest BCUT2D eigenvalue weighted by molar-refractivity contribution is 5.78. The molecule has 1 fully saturated rings. The molecule has 1 aromatic heterocycles. The van der Waals surface area contributed by atoms with Gasteiger partial charge in [0.25, 0.3) is 0 Å². The lowest BCUT2D eigenvalue weighted by molar-refractivity contribution is -0.138. The number of amides is 1. The van der Waals surface area contributed by atoms with Gasteiger partial charge in [0, 0.05) is 64.7 Å². The van der Waals surface area contributed by atoms with Crippen LogP contribution in [0.5, 0.6) is 0 Å². The van der Waals surface area contributed by atoms with Crippen LogP contribution in [0.25, 0.3) is 0 Å². The molecule has 7 nitrogen and oxygen atoms in total. The second-order valence-corrected chi connectivity index (χ2v) is 8.29. The van der Waals surface area contributed by atoms with Gasteiger partial charge in [-0.25, -0.2) is 0 Å². The van der Waals surface area contributed by atoms with Gasteiger partial charge >= 0.3 is 6.18 Å². The van der Waals surface area contributed by atoms with Crippen LogP contribution in [-0.2, 0) is 41.6 Å². The summed E-state index contributed by atoms with van der Waals surface area (Å²) in [5, 5.41) is 11.5. The van der Waals surface area contributed by atoms with Crippen molar-refractivity contribution in [1.82, 2.24) is 25.0 Å². The molecule has 32 heavy (non-hydrogen) atoms. The Morgan fingerprint density at radius 1 is 1.12 bits per heavy atom. The quantitative estimate of drug-likeness (QED) is 0.731. The number of fused-ring (bicyclic) bond motifs is 1. The van der Waals surface area contributed by atoms with E-state index in [1.54, 1.807) is 12.1 Å². The fourth-order valence-electron chi connectivity index (χ4n) is 4.35. The minimum Gasteiger partial charge on any atom is -0.381 e. The highest BCUT2D eigenvalue weighted by Crippen LogP contribution is 2.32. The average Bonchev–Trinajstić information content (AvgIpc) is 3.06. The molecule has 2 aliphatic heterocycles. The summed E-state index contributed by atoms with van der Waals surface area (Å²) in [7, 11) is 0. The summed E-state index contributed by atoms with van der Waals surface area (Å²) >= 11 is 0. The van der Waals surface area contributed by atoms with Crippen LogP contribution < -0.4 is 5.32 Å². The van der Waals surface area contributed by atoms with E-state index in [0.29, 0.717) is 52.2 Å². The zero-order chi connectivity index (χ0) is 22.6.